The van der Waals surface area contributed by atoms with Gasteiger partial charge in [0.05, 0.1) is 16.6 Å². The van der Waals surface area contributed by atoms with Crippen molar-refractivity contribution >= 4 is 28.8 Å². The van der Waals surface area contributed by atoms with Crippen LogP contribution < -0.4 is 5.69 Å². The number of aromatic carboxylic acids is 1. The zero-order valence-electron chi connectivity index (χ0n) is 11.4. The van der Waals surface area contributed by atoms with Crippen LogP contribution in [0.4, 0.5) is 0 Å². The highest BCUT2D eigenvalue weighted by Gasteiger charge is 2.10. The van der Waals surface area contributed by atoms with Gasteiger partial charge < -0.3 is 10.1 Å². The first kappa shape index (κ1) is 14.7. The van der Waals surface area contributed by atoms with Gasteiger partial charge in [-0.05, 0) is 43.0 Å². The van der Waals surface area contributed by atoms with Gasteiger partial charge in [0.1, 0.15) is 0 Å². The Kier molecular flexibility index (Phi) is 4.89. The van der Waals surface area contributed by atoms with Crippen LogP contribution >= 0.6 is 11.8 Å². The topological polar surface area (TPSA) is 75.1 Å². The van der Waals surface area contributed by atoms with Crippen LogP contribution in [0.5, 0.6) is 0 Å². The zero-order valence-corrected chi connectivity index (χ0v) is 12.2. The first-order valence-electron chi connectivity index (χ1n) is 6.58. The number of carboxylic acids is 1. The van der Waals surface area contributed by atoms with Crippen molar-refractivity contribution in [1.82, 2.24) is 9.55 Å². The first-order valence-corrected chi connectivity index (χ1v) is 7.97. The second-order valence-corrected chi connectivity index (χ2v) is 5.66. The van der Waals surface area contributed by atoms with E-state index in [2.05, 4.69) is 11.2 Å². The van der Waals surface area contributed by atoms with Crippen LogP contribution in [0.3, 0.4) is 0 Å². The molecule has 2 rings (SSSR count). The summed E-state index contributed by atoms with van der Waals surface area (Å²) in [7, 11) is 0. The number of nitrogens with one attached hydrogen (secondary N) is 1. The Balaban J connectivity index is 2.18. The summed E-state index contributed by atoms with van der Waals surface area (Å²) >= 11 is 1.82. The van der Waals surface area contributed by atoms with Crippen molar-refractivity contribution in [3.63, 3.8) is 0 Å². The molecule has 2 N–H and O–H groups in total. The minimum atomic E-state index is -0.980. The van der Waals surface area contributed by atoms with Gasteiger partial charge in [-0.25, -0.2) is 9.59 Å². The molecule has 1 aromatic carbocycles. The van der Waals surface area contributed by atoms with Gasteiger partial charge in [-0.2, -0.15) is 11.8 Å². The molecule has 6 heteroatoms. The van der Waals surface area contributed by atoms with E-state index >= 15 is 0 Å². The summed E-state index contributed by atoms with van der Waals surface area (Å²) in [4.78, 5) is 25.6. The number of H-pyrrole nitrogens is 1. The molecule has 20 heavy (non-hydrogen) atoms. The van der Waals surface area contributed by atoms with Crippen LogP contribution in [0.2, 0.25) is 0 Å². The van der Waals surface area contributed by atoms with Crippen LogP contribution in [0.1, 0.15) is 29.6 Å². The highest BCUT2D eigenvalue weighted by molar-refractivity contribution is 7.98. The molecule has 0 atom stereocenters. The third-order valence-corrected chi connectivity index (χ3v) is 3.95. The van der Waals surface area contributed by atoms with E-state index in [4.69, 9.17) is 5.11 Å². The van der Waals surface area contributed by atoms with Crippen LogP contribution in [-0.2, 0) is 6.54 Å². The number of carboxylic acid groups (broad SMARTS) is 1. The number of rotatable bonds is 7. The minimum Gasteiger partial charge on any atom is -0.478 e. The van der Waals surface area contributed by atoms with Gasteiger partial charge >= 0.3 is 11.7 Å². The summed E-state index contributed by atoms with van der Waals surface area (Å²) in [6.07, 6.45) is 5.21. The van der Waals surface area contributed by atoms with Crippen LogP contribution in [0.15, 0.2) is 23.0 Å². The molecule has 0 bridgehead atoms. The van der Waals surface area contributed by atoms with E-state index in [1.807, 2.05) is 11.8 Å². The van der Waals surface area contributed by atoms with Crippen molar-refractivity contribution in [2.75, 3.05) is 12.0 Å². The number of fused-ring (bicyclic) bond motifs is 1. The lowest BCUT2D eigenvalue weighted by Gasteiger charge is -2.04. The number of carbonyl (C=O) groups is 1. The normalized spacial score (nSPS) is 11.1. The van der Waals surface area contributed by atoms with E-state index in [0.29, 0.717) is 17.6 Å². The fourth-order valence-electron chi connectivity index (χ4n) is 2.20. The molecular weight excluding hydrogens is 276 g/mol. The monoisotopic (exact) mass is 294 g/mol. The third-order valence-electron chi connectivity index (χ3n) is 3.25. The Morgan fingerprint density at radius 2 is 2.15 bits per heavy atom. The smallest absolute Gasteiger partial charge is 0.335 e. The molecule has 2 aromatic rings. The SMILES string of the molecule is CSCCCCCn1c(=O)[nH]c2ccc(C(=O)O)cc21. The average molecular weight is 294 g/mol. The molecule has 108 valence electrons. The number of hydrogen-bond acceptors (Lipinski definition) is 3. The van der Waals surface area contributed by atoms with Crippen molar-refractivity contribution in [3.05, 3.63) is 34.2 Å². The van der Waals surface area contributed by atoms with Gasteiger partial charge in [0, 0.05) is 6.54 Å². The van der Waals surface area contributed by atoms with Crippen molar-refractivity contribution in [2.24, 2.45) is 0 Å². The predicted octanol–water partition coefficient (Wildman–Crippen LogP) is 2.56. The number of hydrogen-bond donors (Lipinski definition) is 2. The molecule has 0 spiro atoms. The summed E-state index contributed by atoms with van der Waals surface area (Å²) in [5, 5.41) is 9.02. The van der Waals surface area contributed by atoms with E-state index in [1.165, 1.54) is 6.07 Å². The standard InChI is InChI=1S/C14H18N2O3S/c1-20-8-4-2-3-7-16-12-9-10(13(17)18)5-6-11(12)15-14(16)19/h5-6,9H,2-4,7-8H2,1H3,(H,15,19)(H,17,18). The Bertz CT molecular complexity index is 660. The molecule has 5 nitrogen and oxygen atoms in total. The molecular formula is C14H18N2O3S. The maximum atomic E-state index is 11.9. The summed E-state index contributed by atoms with van der Waals surface area (Å²) < 4.78 is 1.63. The predicted molar refractivity (Wildman–Crippen MR) is 81.8 cm³/mol. The molecule has 0 saturated carbocycles. The molecule has 0 aliphatic carbocycles. The van der Waals surface area contributed by atoms with E-state index in [-0.39, 0.29) is 11.3 Å². The van der Waals surface area contributed by atoms with Gasteiger partial charge in [0.2, 0.25) is 0 Å². The average Bonchev–Trinajstić information content (AvgIpc) is 2.73. The van der Waals surface area contributed by atoms with Crippen LogP contribution in [0.25, 0.3) is 11.0 Å². The highest BCUT2D eigenvalue weighted by atomic mass is 32.2. The number of aromatic amines is 1. The Morgan fingerprint density at radius 3 is 2.85 bits per heavy atom. The van der Waals surface area contributed by atoms with Gasteiger partial charge in [-0.3, -0.25) is 4.57 Å². The second kappa shape index (κ2) is 6.65. The molecule has 0 amide bonds. The maximum absolute atomic E-state index is 11.9. The number of unbranched alkanes of at least 4 members (excludes halogenated alkanes) is 2. The van der Waals surface area contributed by atoms with Gasteiger partial charge in [0.25, 0.3) is 0 Å². The zero-order chi connectivity index (χ0) is 14.5. The fourth-order valence-corrected chi connectivity index (χ4v) is 2.69. The molecule has 0 radical (unpaired) electrons. The molecule has 0 fully saturated rings. The van der Waals surface area contributed by atoms with E-state index in [1.54, 1.807) is 16.7 Å². The van der Waals surface area contributed by atoms with Crippen LogP contribution in [-0.4, -0.2) is 32.6 Å². The summed E-state index contributed by atoms with van der Waals surface area (Å²) in [6.45, 7) is 0.621. The highest BCUT2D eigenvalue weighted by Crippen LogP contribution is 2.14. The van der Waals surface area contributed by atoms with Gasteiger partial charge in [-0.15, -0.1) is 0 Å². The van der Waals surface area contributed by atoms with Crippen molar-refractivity contribution in [2.45, 2.75) is 25.8 Å². The number of imidazole rings is 1. The minimum absolute atomic E-state index is 0.174. The Hall–Kier alpha value is -1.69. The van der Waals surface area contributed by atoms with E-state index in [9.17, 15) is 9.59 Å². The lowest BCUT2D eigenvalue weighted by atomic mass is 10.2. The molecule has 1 heterocycles. The first-order chi connectivity index (χ1) is 9.63. The Labute approximate surface area is 121 Å². The summed E-state index contributed by atoms with van der Waals surface area (Å²) in [6, 6.07) is 4.70. The molecule has 0 aliphatic heterocycles. The lowest BCUT2D eigenvalue weighted by Crippen LogP contribution is -2.16. The number of nitrogens with zero attached hydrogens (tertiary/aromatic N) is 1. The summed E-state index contributed by atoms with van der Waals surface area (Å²) in [5.41, 5.74) is 1.38. The lowest BCUT2D eigenvalue weighted by molar-refractivity contribution is 0.0697. The molecule has 0 saturated heterocycles. The fraction of sp³-hybridized carbons (Fsp3) is 0.429. The van der Waals surface area contributed by atoms with E-state index in [0.717, 1.165) is 25.0 Å². The molecule has 0 unspecified atom stereocenters. The molecule has 0 aliphatic rings. The Morgan fingerprint density at radius 1 is 1.35 bits per heavy atom. The number of aryl methyl sites for hydroxylation is 1. The quantitative estimate of drug-likeness (QED) is 0.770. The van der Waals surface area contributed by atoms with Crippen molar-refractivity contribution < 1.29 is 9.90 Å². The van der Waals surface area contributed by atoms with Crippen molar-refractivity contribution in [1.29, 1.82) is 0 Å². The number of benzene rings is 1. The number of aromatic nitrogens is 2. The largest absolute Gasteiger partial charge is 0.478 e. The number of thioether (sulfide) groups is 1. The van der Waals surface area contributed by atoms with E-state index < -0.39 is 5.97 Å². The molecule has 1 aromatic heterocycles. The maximum Gasteiger partial charge on any atom is 0.335 e. The third kappa shape index (κ3) is 3.25. The van der Waals surface area contributed by atoms with Crippen molar-refractivity contribution in [3.8, 4) is 0 Å². The van der Waals surface area contributed by atoms with Crippen LogP contribution in [0, 0.1) is 0 Å². The summed E-state index contributed by atoms with van der Waals surface area (Å²) in [5.74, 6) is 0.151. The second-order valence-electron chi connectivity index (χ2n) is 4.67. The van der Waals surface area contributed by atoms with Gasteiger partial charge in [0.15, 0.2) is 0 Å². The van der Waals surface area contributed by atoms with Gasteiger partial charge in [-0.1, -0.05) is 6.42 Å².